The molecule has 1 aliphatic heterocycles. The van der Waals surface area contributed by atoms with Gasteiger partial charge in [-0.1, -0.05) is 6.42 Å². The molecule has 14 heavy (non-hydrogen) atoms. The van der Waals surface area contributed by atoms with E-state index in [1.807, 2.05) is 0 Å². The SMILES string of the molecule is CN1CCCC1CC1(C(=O)O)CCC1. The Kier molecular flexibility index (Phi) is 2.52. The minimum Gasteiger partial charge on any atom is -0.481 e. The van der Waals surface area contributed by atoms with E-state index in [0.717, 1.165) is 32.2 Å². The second kappa shape index (κ2) is 3.54. The molecular weight excluding hydrogens is 178 g/mol. The van der Waals surface area contributed by atoms with E-state index in [2.05, 4.69) is 11.9 Å². The van der Waals surface area contributed by atoms with Gasteiger partial charge in [-0.2, -0.15) is 0 Å². The summed E-state index contributed by atoms with van der Waals surface area (Å²) in [6.07, 6.45) is 6.18. The van der Waals surface area contributed by atoms with Crippen LogP contribution in [0.2, 0.25) is 0 Å². The molecule has 2 rings (SSSR count). The molecule has 1 N–H and O–H groups in total. The first-order valence-electron chi connectivity index (χ1n) is 5.58. The Morgan fingerprint density at radius 2 is 2.21 bits per heavy atom. The van der Waals surface area contributed by atoms with Gasteiger partial charge in [0.25, 0.3) is 0 Å². The topological polar surface area (TPSA) is 40.5 Å². The zero-order valence-corrected chi connectivity index (χ0v) is 8.83. The van der Waals surface area contributed by atoms with E-state index in [-0.39, 0.29) is 5.41 Å². The Hall–Kier alpha value is -0.570. The van der Waals surface area contributed by atoms with Gasteiger partial charge in [0.1, 0.15) is 0 Å². The summed E-state index contributed by atoms with van der Waals surface area (Å²) in [7, 11) is 2.12. The molecule has 2 aliphatic rings. The second-order valence-corrected chi connectivity index (χ2v) is 4.92. The number of carboxylic acids is 1. The van der Waals surface area contributed by atoms with Gasteiger partial charge in [-0.05, 0) is 45.7 Å². The lowest BCUT2D eigenvalue weighted by Gasteiger charge is -2.40. The van der Waals surface area contributed by atoms with Crippen molar-refractivity contribution in [1.29, 1.82) is 0 Å². The van der Waals surface area contributed by atoms with Crippen LogP contribution >= 0.6 is 0 Å². The van der Waals surface area contributed by atoms with E-state index in [1.54, 1.807) is 0 Å². The molecule has 0 aromatic rings. The number of likely N-dealkylation sites (tertiary alicyclic amines) is 1. The highest BCUT2D eigenvalue weighted by atomic mass is 16.4. The fraction of sp³-hybridized carbons (Fsp3) is 0.909. The molecular formula is C11H19NO2. The van der Waals surface area contributed by atoms with Crippen molar-refractivity contribution in [3.05, 3.63) is 0 Å². The summed E-state index contributed by atoms with van der Waals surface area (Å²) in [5, 5.41) is 9.21. The lowest BCUT2D eigenvalue weighted by atomic mass is 9.65. The van der Waals surface area contributed by atoms with Crippen LogP contribution in [0.1, 0.15) is 38.5 Å². The lowest BCUT2D eigenvalue weighted by molar-refractivity contribution is -0.156. The number of hydrogen-bond donors (Lipinski definition) is 1. The smallest absolute Gasteiger partial charge is 0.309 e. The molecule has 0 bridgehead atoms. The van der Waals surface area contributed by atoms with Crippen molar-refractivity contribution in [1.82, 2.24) is 4.90 Å². The molecule has 0 aromatic heterocycles. The van der Waals surface area contributed by atoms with Crippen molar-refractivity contribution in [3.63, 3.8) is 0 Å². The maximum absolute atomic E-state index is 11.2. The average Bonchev–Trinajstić information content (AvgIpc) is 2.43. The van der Waals surface area contributed by atoms with Crippen molar-refractivity contribution in [2.45, 2.75) is 44.6 Å². The summed E-state index contributed by atoms with van der Waals surface area (Å²) in [4.78, 5) is 13.5. The Morgan fingerprint density at radius 3 is 2.57 bits per heavy atom. The van der Waals surface area contributed by atoms with Crippen molar-refractivity contribution in [2.24, 2.45) is 5.41 Å². The van der Waals surface area contributed by atoms with Gasteiger partial charge in [-0.25, -0.2) is 0 Å². The monoisotopic (exact) mass is 197 g/mol. The molecule has 0 amide bonds. The number of hydrogen-bond acceptors (Lipinski definition) is 2. The largest absolute Gasteiger partial charge is 0.481 e. The van der Waals surface area contributed by atoms with Crippen molar-refractivity contribution < 1.29 is 9.90 Å². The number of carboxylic acid groups (broad SMARTS) is 1. The van der Waals surface area contributed by atoms with Gasteiger partial charge in [0, 0.05) is 6.04 Å². The molecule has 1 heterocycles. The summed E-state index contributed by atoms with van der Waals surface area (Å²) in [5.41, 5.74) is -0.358. The molecule has 80 valence electrons. The molecule has 1 aliphatic carbocycles. The van der Waals surface area contributed by atoms with Crippen LogP contribution in [0.4, 0.5) is 0 Å². The third-order valence-electron chi connectivity index (χ3n) is 4.06. The van der Waals surface area contributed by atoms with Crippen LogP contribution in [-0.4, -0.2) is 35.6 Å². The van der Waals surface area contributed by atoms with E-state index in [9.17, 15) is 9.90 Å². The zero-order valence-electron chi connectivity index (χ0n) is 8.83. The summed E-state index contributed by atoms with van der Waals surface area (Å²) in [5.74, 6) is -0.566. The second-order valence-electron chi connectivity index (χ2n) is 4.92. The van der Waals surface area contributed by atoms with Crippen LogP contribution in [0.5, 0.6) is 0 Å². The number of aliphatic carboxylic acids is 1. The Balaban J connectivity index is 1.97. The van der Waals surface area contributed by atoms with Crippen molar-refractivity contribution >= 4 is 5.97 Å². The lowest BCUT2D eigenvalue weighted by Crippen LogP contribution is -2.43. The van der Waals surface area contributed by atoms with E-state index in [4.69, 9.17) is 0 Å². The summed E-state index contributed by atoms with van der Waals surface area (Å²) >= 11 is 0. The van der Waals surface area contributed by atoms with E-state index in [1.165, 1.54) is 12.8 Å². The quantitative estimate of drug-likeness (QED) is 0.749. The molecule has 0 radical (unpaired) electrons. The molecule has 3 heteroatoms. The van der Waals surface area contributed by atoms with E-state index < -0.39 is 5.97 Å². The van der Waals surface area contributed by atoms with Crippen LogP contribution in [0.3, 0.4) is 0 Å². The van der Waals surface area contributed by atoms with Gasteiger partial charge < -0.3 is 10.0 Å². The number of nitrogens with zero attached hydrogens (tertiary/aromatic N) is 1. The van der Waals surface area contributed by atoms with Gasteiger partial charge in [0.2, 0.25) is 0 Å². The van der Waals surface area contributed by atoms with Crippen LogP contribution < -0.4 is 0 Å². The van der Waals surface area contributed by atoms with Gasteiger partial charge in [-0.3, -0.25) is 4.79 Å². The van der Waals surface area contributed by atoms with Gasteiger partial charge in [0.05, 0.1) is 5.41 Å². The maximum Gasteiger partial charge on any atom is 0.309 e. The fourth-order valence-corrected chi connectivity index (χ4v) is 2.80. The van der Waals surface area contributed by atoms with Crippen LogP contribution in [0.15, 0.2) is 0 Å². The van der Waals surface area contributed by atoms with Crippen LogP contribution in [0.25, 0.3) is 0 Å². The summed E-state index contributed by atoms with van der Waals surface area (Å²) < 4.78 is 0. The van der Waals surface area contributed by atoms with Gasteiger partial charge >= 0.3 is 5.97 Å². The summed E-state index contributed by atoms with van der Waals surface area (Å²) in [6, 6.07) is 0.520. The molecule has 1 unspecified atom stereocenters. The fourth-order valence-electron chi connectivity index (χ4n) is 2.80. The van der Waals surface area contributed by atoms with Gasteiger partial charge in [0.15, 0.2) is 0 Å². The first-order valence-corrected chi connectivity index (χ1v) is 5.58. The minimum atomic E-state index is -0.566. The molecule has 1 saturated carbocycles. The molecule has 0 spiro atoms. The third-order valence-corrected chi connectivity index (χ3v) is 4.06. The molecule has 1 atom stereocenters. The van der Waals surface area contributed by atoms with Crippen molar-refractivity contribution in [3.8, 4) is 0 Å². The first-order chi connectivity index (χ1) is 6.64. The highest BCUT2D eigenvalue weighted by Crippen LogP contribution is 2.46. The standard InChI is InChI=1S/C11H19NO2/c1-12-7-2-4-9(12)8-11(10(13)14)5-3-6-11/h9H,2-8H2,1H3,(H,13,14). The predicted molar refractivity (Wildman–Crippen MR) is 54.2 cm³/mol. The minimum absolute atomic E-state index is 0.358. The Bertz CT molecular complexity index is 235. The highest BCUT2D eigenvalue weighted by molar-refractivity contribution is 5.75. The third kappa shape index (κ3) is 1.54. The van der Waals surface area contributed by atoms with E-state index >= 15 is 0 Å². The van der Waals surface area contributed by atoms with Crippen LogP contribution in [-0.2, 0) is 4.79 Å². The Labute approximate surface area is 85.1 Å². The summed E-state index contributed by atoms with van der Waals surface area (Å²) in [6.45, 7) is 1.14. The Morgan fingerprint density at radius 1 is 1.50 bits per heavy atom. The molecule has 3 nitrogen and oxygen atoms in total. The first kappa shape index (κ1) is 9.97. The maximum atomic E-state index is 11.2. The normalized spacial score (nSPS) is 31.4. The predicted octanol–water partition coefficient (Wildman–Crippen LogP) is 1.73. The molecule has 1 saturated heterocycles. The van der Waals surface area contributed by atoms with E-state index in [0.29, 0.717) is 6.04 Å². The molecule has 0 aromatic carbocycles. The number of carbonyl (C=O) groups is 1. The van der Waals surface area contributed by atoms with Gasteiger partial charge in [-0.15, -0.1) is 0 Å². The highest BCUT2D eigenvalue weighted by Gasteiger charge is 2.46. The number of rotatable bonds is 3. The average molecular weight is 197 g/mol. The van der Waals surface area contributed by atoms with Crippen LogP contribution in [0, 0.1) is 5.41 Å². The van der Waals surface area contributed by atoms with Crippen molar-refractivity contribution in [2.75, 3.05) is 13.6 Å². The zero-order chi connectivity index (χ0) is 10.2. The molecule has 2 fully saturated rings.